The third-order valence-electron chi connectivity index (χ3n) is 5.07. The average molecular weight is 417 g/mol. The molecule has 0 radical (unpaired) electrons. The standard InChI is InChI=1S/C22H28N2O4S/c1-17(2)19-5-7-20(8-6-19)22(25)23-12-11-18-3-9-21(10-4-18)29(26,27)24-13-15-28-16-14-24/h3-10,17H,11-16H2,1-2H3,(H,23,25). The predicted octanol–water partition coefficient (Wildman–Crippen LogP) is 2.80. The maximum Gasteiger partial charge on any atom is 0.251 e. The van der Waals surface area contributed by atoms with E-state index in [4.69, 9.17) is 4.74 Å². The molecule has 1 fully saturated rings. The van der Waals surface area contributed by atoms with Crippen LogP contribution in [0.25, 0.3) is 0 Å². The van der Waals surface area contributed by atoms with Crippen molar-refractivity contribution in [3.63, 3.8) is 0 Å². The van der Waals surface area contributed by atoms with Crippen molar-refractivity contribution in [3.05, 3.63) is 65.2 Å². The number of sulfonamides is 1. The molecule has 2 aromatic rings. The van der Waals surface area contributed by atoms with Crippen molar-refractivity contribution >= 4 is 15.9 Å². The number of benzene rings is 2. The third-order valence-corrected chi connectivity index (χ3v) is 6.98. The molecule has 156 valence electrons. The summed E-state index contributed by atoms with van der Waals surface area (Å²) in [5.74, 6) is 0.328. The van der Waals surface area contributed by atoms with Crippen molar-refractivity contribution in [1.82, 2.24) is 9.62 Å². The van der Waals surface area contributed by atoms with E-state index < -0.39 is 10.0 Å². The van der Waals surface area contributed by atoms with E-state index in [0.29, 0.717) is 50.8 Å². The van der Waals surface area contributed by atoms with Crippen molar-refractivity contribution in [2.45, 2.75) is 31.1 Å². The Bertz CT molecular complexity index is 916. The average Bonchev–Trinajstić information content (AvgIpc) is 2.74. The van der Waals surface area contributed by atoms with Gasteiger partial charge in [0.1, 0.15) is 0 Å². The number of nitrogens with zero attached hydrogens (tertiary/aromatic N) is 1. The van der Waals surface area contributed by atoms with Crippen LogP contribution in [0.5, 0.6) is 0 Å². The first kappa shape index (κ1) is 21.5. The summed E-state index contributed by atoms with van der Waals surface area (Å²) in [5, 5.41) is 2.91. The molecule has 1 amide bonds. The van der Waals surface area contributed by atoms with Crippen LogP contribution >= 0.6 is 0 Å². The van der Waals surface area contributed by atoms with Gasteiger partial charge in [0.2, 0.25) is 10.0 Å². The number of ether oxygens (including phenoxy) is 1. The highest BCUT2D eigenvalue weighted by atomic mass is 32.2. The van der Waals surface area contributed by atoms with Gasteiger partial charge in [0.25, 0.3) is 5.91 Å². The lowest BCUT2D eigenvalue weighted by Gasteiger charge is -2.26. The fraction of sp³-hybridized carbons (Fsp3) is 0.409. The molecule has 0 saturated carbocycles. The zero-order valence-electron chi connectivity index (χ0n) is 16.9. The Kier molecular flexibility index (Phi) is 7.05. The number of hydrogen-bond donors (Lipinski definition) is 1. The first-order valence-corrected chi connectivity index (χ1v) is 11.4. The SMILES string of the molecule is CC(C)c1ccc(C(=O)NCCc2ccc(S(=O)(=O)N3CCOCC3)cc2)cc1. The summed E-state index contributed by atoms with van der Waals surface area (Å²) in [7, 11) is -3.47. The number of carbonyl (C=O) groups excluding carboxylic acids is 1. The highest BCUT2D eigenvalue weighted by molar-refractivity contribution is 7.89. The number of amides is 1. The molecule has 6 nitrogen and oxygen atoms in total. The predicted molar refractivity (Wildman–Crippen MR) is 113 cm³/mol. The lowest BCUT2D eigenvalue weighted by atomic mass is 10.0. The molecule has 0 aromatic heterocycles. The summed E-state index contributed by atoms with van der Waals surface area (Å²) in [6, 6.07) is 14.5. The highest BCUT2D eigenvalue weighted by Gasteiger charge is 2.26. The van der Waals surface area contributed by atoms with E-state index in [9.17, 15) is 13.2 Å². The lowest BCUT2D eigenvalue weighted by Crippen LogP contribution is -2.40. The van der Waals surface area contributed by atoms with E-state index in [1.165, 1.54) is 9.87 Å². The first-order chi connectivity index (χ1) is 13.9. The van der Waals surface area contributed by atoms with Crippen LogP contribution in [0.2, 0.25) is 0 Å². The Morgan fingerprint density at radius 3 is 2.24 bits per heavy atom. The number of hydrogen-bond acceptors (Lipinski definition) is 4. The molecule has 0 aliphatic carbocycles. The van der Waals surface area contributed by atoms with Crippen molar-refractivity contribution in [1.29, 1.82) is 0 Å². The van der Waals surface area contributed by atoms with Crippen LogP contribution < -0.4 is 5.32 Å². The summed E-state index contributed by atoms with van der Waals surface area (Å²) >= 11 is 0. The lowest BCUT2D eigenvalue weighted by molar-refractivity contribution is 0.0730. The van der Waals surface area contributed by atoms with Gasteiger partial charge in [0.15, 0.2) is 0 Å². The van der Waals surface area contributed by atoms with E-state index >= 15 is 0 Å². The number of nitrogens with one attached hydrogen (secondary N) is 1. The molecule has 2 aromatic carbocycles. The molecule has 1 aliphatic rings. The summed E-state index contributed by atoms with van der Waals surface area (Å²) in [4.78, 5) is 12.6. The molecule has 1 saturated heterocycles. The van der Waals surface area contributed by atoms with Crippen LogP contribution in [-0.4, -0.2) is 51.5 Å². The van der Waals surface area contributed by atoms with E-state index in [1.54, 1.807) is 24.3 Å². The molecule has 1 aliphatic heterocycles. The maximum atomic E-state index is 12.6. The van der Waals surface area contributed by atoms with Crippen LogP contribution in [0.1, 0.15) is 41.3 Å². The van der Waals surface area contributed by atoms with Crippen molar-refractivity contribution in [2.24, 2.45) is 0 Å². The third kappa shape index (κ3) is 5.44. The van der Waals surface area contributed by atoms with E-state index in [-0.39, 0.29) is 10.8 Å². The minimum atomic E-state index is -3.47. The molecule has 1 N–H and O–H groups in total. The van der Waals surface area contributed by atoms with Crippen LogP contribution in [0.3, 0.4) is 0 Å². The smallest absolute Gasteiger partial charge is 0.251 e. The minimum Gasteiger partial charge on any atom is -0.379 e. The minimum absolute atomic E-state index is 0.105. The maximum absolute atomic E-state index is 12.6. The van der Waals surface area contributed by atoms with Crippen molar-refractivity contribution in [3.8, 4) is 0 Å². The van der Waals surface area contributed by atoms with E-state index in [0.717, 1.165) is 5.56 Å². The van der Waals surface area contributed by atoms with Gasteiger partial charge in [-0.05, 0) is 47.7 Å². The summed E-state index contributed by atoms with van der Waals surface area (Å²) in [6.07, 6.45) is 0.633. The zero-order chi connectivity index (χ0) is 20.9. The van der Waals surface area contributed by atoms with Gasteiger partial charge in [0, 0.05) is 25.2 Å². The second-order valence-electron chi connectivity index (χ2n) is 7.44. The molecule has 0 spiro atoms. The van der Waals surface area contributed by atoms with Crippen molar-refractivity contribution < 1.29 is 17.9 Å². The van der Waals surface area contributed by atoms with Crippen molar-refractivity contribution in [2.75, 3.05) is 32.8 Å². The topological polar surface area (TPSA) is 75.7 Å². The van der Waals surface area contributed by atoms with Gasteiger partial charge in [-0.2, -0.15) is 4.31 Å². The second kappa shape index (κ2) is 9.52. The monoisotopic (exact) mass is 416 g/mol. The molecule has 29 heavy (non-hydrogen) atoms. The van der Waals surface area contributed by atoms with Gasteiger partial charge >= 0.3 is 0 Å². The van der Waals surface area contributed by atoms with Crippen LogP contribution in [0.4, 0.5) is 0 Å². The molecule has 3 rings (SSSR count). The summed E-state index contributed by atoms with van der Waals surface area (Å²) in [6.45, 7) is 6.34. The van der Waals surface area contributed by atoms with Gasteiger partial charge in [-0.3, -0.25) is 4.79 Å². The Morgan fingerprint density at radius 2 is 1.66 bits per heavy atom. The molecule has 0 atom stereocenters. The van der Waals surface area contributed by atoms with Gasteiger partial charge in [-0.25, -0.2) is 8.42 Å². The van der Waals surface area contributed by atoms with Crippen LogP contribution in [-0.2, 0) is 21.2 Å². The quantitative estimate of drug-likeness (QED) is 0.753. The van der Waals surface area contributed by atoms with E-state index in [1.807, 2.05) is 24.3 Å². The molecule has 1 heterocycles. The molecule has 0 bridgehead atoms. The Balaban J connectivity index is 1.53. The fourth-order valence-electron chi connectivity index (χ4n) is 3.21. The van der Waals surface area contributed by atoms with Gasteiger partial charge in [-0.15, -0.1) is 0 Å². The van der Waals surface area contributed by atoms with Gasteiger partial charge in [-0.1, -0.05) is 38.1 Å². The molecule has 0 unspecified atom stereocenters. The summed E-state index contributed by atoms with van der Waals surface area (Å²) < 4.78 is 32.0. The molecule has 7 heteroatoms. The molecular weight excluding hydrogens is 388 g/mol. The Morgan fingerprint density at radius 1 is 1.03 bits per heavy atom. The molecular formula is C22H28N2O4S. The van der Waals surface area contributed by atoms with Gasteiger partial charge < -0.3 is 10.1 Å². The normalized spacial score (nSPS) is 15.4. The second-order valence-corrected chi connectivity index (χ2v) is 9.38. The van der Waals surface area contributed by atoms with Crippen LogP contribution in [0, 0.1) is 0 Å². The van der Waals surface area contributed by atoms with E-state index in [2.05, 4.69) is 19.2 Å². The zero-order valence-corrected chi connectivity index (χ0v) is 17.7. The van der Waals surface area contributed by atoms with Crippen LogP contribution in [0.15, 0.2) is 53.4 Å². The first-order valence-electron chi connectivity index (χ1n) is 9.93. The summed E-state index contributed by atoms with van der Waals surface area (Å²) in [5.41, 5.74) is 2.82. The number of carbonyl (C=O) groups is 1. The number of morpholine rings is 1. The fourth-order valence-corrected chi connectivity index (χ4v) is 4.61. The Hall–Kier alpha value is -2.22. The number of rotatable bonds is 7. The van der Waals surface area contributed by atoms with Gasteiger partial charge in [0.05, 0.1) is 18.1 Å². The largest absolute Gasteiger partial charge is 0.379 e. The Labute approximate surface area is 172 Å². The highest BCUT2D eigenvalue weighted by Crippen LogP contribution is 2.18.